The summed E-state index contributed by atoms with van der Waals surface area (Å²) in [5.41, 5.74) is 2.76. The first-order chi connectivity index (χ1) is 19.4. The Morgan fingerprint density at radius 2 is 2.10 bits per heavy atom. The van der Waals surface area contributed by atoms with Gasteiger partial charge in [0.05, 0.1) is 37.6 Å². The van der Waals surface area contributed by atoms with E-state index < -0.39 is 11.9 Å². The number of oxime groups is 1. The molecule has 0 aliphatic carbocycles. The van der Waals surface area contributed by atoms with Crippen LogP contribution in [0.5, 0.6) is 0 Å². The van der Waals surface area contributed by atoms with Gasteiger partial charge in [-0.15, -0.1) is 0 Å². The number of anilines is 1. The SMILES string of the molecule is CN(C)CC(=O)NCCC1CC(c2ccc(-c3ccc(N4CC(CN5CCCN=N5)OC4=O)cc3F)cn2)=NO1. The van der Waals surface area contributed by atoms with Gasteiger partial charge in [0.1, 0.15) is 23.7 Å². The molecule has 3 aliphatic heterocycles. The van der Waals surface area contributed by atoms with Gasteiger partial charge >= 0.3 is 6.09 Å². The molecule has 1 fully saturated rings. The Morgan fingerprint density at radius 3 is 2.83 bits per heavy atom. The standard InChI is InChI=1S/C27H33FN8O4/c1-34(2)17-26(37)29-10-8-20-13-25(32-40-20)24-7-4-18(14-30-24)22-6-5-19(12-23(22)28)36-16-21(39-27(36)38)15-35-11-3-9-31-33-35/h4-7,12,14,20-21H,3,8-11,13,15-17H2,1-2H3,(H,29,37). The molecule has 13 heteroatoms. The number of carbonyl (C=O) groups is 2. The molecule has 4 heterocycles. The van der Waals surface area contributed by atoms with Gasteiger partial charge in [0.15, 0.2) is 0 Å². The highest BCUT2D eigenvalue weighted by Crippen LogP contribution is 2.29. The van der Waals surface area contributed by atoms with Gasteiger partial charge < -0.3 is 19.8 Å². The van der Waals surface area contributed by atoms with E-state index in [1.165, 1.54) is 11.0 Å². The van der Waals surface area contributed by atoms with Crippen molar-refractivity contribution >= 4 is 23.4 Å². The van der Waals surface area contributed by atoms with E-state index >= 15 is 4.39 Å². The fourth-order valence-electron chi connectivity index (χ4n) is 4.77. The Kier molecular flexibility index (Phi) is 8.48. The number of nitrogens with zero attached hydrogens (tertiary/aromatic N) is 7. The molecule has 3 aliphatic rings. The third-order valence-corrected chi connectivity index (χ3v) is 6.77. The summed E-state index contributed by atoms with van der Waals surface area (Å²) >= 11 is 0. The molecular formula is C27H33FN8O4. The van der Waals surface area contributed by atoms with Crippen molar-refractivity contribution < 1.29 is 23.6 Å². The molecule has 12 nitrogen and oxygen atoms in total. The lowest BCUT2D eigenvalue weighted by molar-refractivity contribution is -0.121. The maximum Gasteiger partial charge on any atom is 0.414 e. The third-order valence-electron chi connectivity index (χ3n) is 6.77. The minimum Gasteiger partial charge on any atom is -0.442 e. The zero-order chi connectivity index (χ0) is 28.1. The van der Waals surface area contributed by atoms with Crippen LogP contribution in [0.15, 0.2) is 52.0 Å². The number of cyclic esters (lactones) is 1. The van der Waals surface area contributed by atoms with Crippen molar-refractivity contribution in [3.8, 4) is 11.1 Å². The second-order valence-corrected chi connectivity index (χ2v) is 10.3. The van der Waals surface area contributed by atoms with Gasteiger partial charge in [0, 0.05) is 43.3 Å². The van der Waals surface area contributed by atoms with Crippen LogP contribution in [0.2, 0.25) is 0 Å². The number of rotatable bonds is 10. The van der Waals surface area contributed by atoms with Crippen molar-refractivity contribution in [1.82, 2.24) is 20.2 Å². The third kappa shape index (κ3) is 6.71. The molecule has 40 heavy (non-hydrogen) atoms. The minimum absolute atomic E-state index is 0.0351. The second kappa shape index (κ2) is 12.4. The quantitative estimate of drug-likeness (QED) is 0.481. The van der Waals surface area contributed by atoms with E-state index in [4.69, 9.17) is 9.57 Å². The van der Waals surface area contributed by atoms with Gasteiger partial charge in [-0.25, -0.2) is 9.18 Å². The van der Waals surface area contributed by atoms with Crippen LogP contribution in [0.3, 0.4) is 0 Å². The van der Waals surface area contributed by atoms with Crippen LogP contribution < -0.4 is 10.2 Å². The number of ether oxygens (including phenoxy) is 1. The molecular weight excluding hydrogens is 519 g/mol. The van der Waals surface area contributed by atoms with Gasteiger partial charge in [0.2, 0.25) is 5.91 Å². The maximum absolute atomic E-state index is 15.2. The van der Waals surface area contributed by atoms with Crippen LogP contribution in [0, 0.1) is 5.82 Å². The average Bonchev–Trinajstić information content (AvgIpc) is 3.55. The van der Waals surface area contributed by atoms with E-state index in [-0.39, 0.29) is 18.1 Å². The van der Waals surface area contributed by atoms with Crippen LogP contribution in [0.1, 0.15) is 25.0 Å². The van der Waals surface area contributed by atoms with Crippen molar-refractivity contribution in [2.75, 3.05) is 58.3 Å². The van der Waals surface area contributed by atoms with Gasteiger partial charge in [-0.2, -0.15) is 5.11 Å². The number of nitrogens with one attached hydrogen (secondary N) is 1. The van der Waals surface area contributed by atoms with Crippen LogP contribution in [0.4, 0.5) is 14.9 Å². The molecule has 0 spiro atoms. The first kappa shape index (κ1) is 27.4. The zero-order valence-electron chi connectivity index (χ0n) is 22.6. The van der Waals surface area contributed by atoms with E-state index in [9.17, 15) is 9.59 Å². The number of hydrogen-bond acceptors (Lipinski definition) is 10. The van der Waals surface area contributed by atoms with Crippen molar-refractivity contribution in [2.24, 2.45) is 15.5 Å². The first-order valence-corrected chi connectivity index (χ1v) is 13.4. The number of halogens is 1. The molecule has 1 aromatic carbocycles. The summed E-state index contributed by atoms with van der Waals surface area (Å²) in [5.74, 6) is -0.502. The van der Waals surface area contributed by atoms with E-state index in [0.717, 1.165) is 13.0 Å². The number of hydrogen-bond donors (Lipinski definition) is 1. The Bertz CT molecular complexity index is 1290. The fourth-order valence-corrected chi connectivity index (χ4v) is 4.77. The van der Waals surface area contributed by atoms with Gasteiger partial charge in [-0.05, 0) is 44.8 Å². The second-order valence-electron chi connectivity index (χ2n) is 10.3. The first-order valence-electron chi connectivity index (χ1n) is 13.4. The number of amides is 2. The van der Waals surface area contributed by atoms with E-state index in [2.05, 4.69) is 25.8 Å². The van der Waals surface area contributed by atoms with Gasteiger partial charge in [0.25, 0.3) is 0 Å². The Labute approximate surface area is 231 Å². The molecule has 2 unspecified atom stereocenters. The highest BCUT2D eigenvalue weighted by molar-refractivity contribution is 5.99. The van der Waals surface area contributed by atoms with Crippen molar-refractivity contribution in [2.45, 2.75) is 31.5 Å². The average molecular weight is 553 g/mol. The topological polar surface area (TPSA) is 124 Å². The molecule has 2 atom stereocenters. The summed E-state index contributed by atoms with van der Waals surface area (Å²) in [6, 6.07) is 8.24. The fraction of sp³-hybridized carbons (Fsp3) is 0.481. The lowest BCUT2D eigenvalue weighted by Gasteiger charge is -2.22. The van der Waals surface area contributed by atoms with Crippen LogP contribution >= 0.6 is 0 Å². The highest BCUT2D eigenvalue weighted by Gasteiger charge is 2.34. The van der Waals surface area contributed by atoms with Crippen molar-refractivity contribution in [3.05, 3.63) is 48.0 Å². The number of benzene rings is 1. The monoisotopic (exact) mass is 552 g/mol. The van der Waals surface area contributed by atoms with Crippen molar-refractivity contribution in [3.63, 3.8) is 0 Å². The Morgan fingerprint density at radius 1 is 1.23 bits per heavy atom. The van der Waals surface area contributed by atoms with Crippen LogP contribution in [-0.2, 0) is 14.4 Å². The lowest BCUT2D eigenvalue weighted by Crippen LogP contribution is -2.34. The molecule has 0 bridgehead atoms. The summed E-state index contributed by atoms with van der Waals surface area (Å²) in [6.45, 7) is 3.08. The normalized spacial score (nSPS) is 20.5. The van der Waals surface area contributed by atoms with E-state index in [1.807, 2.05) is 19.0 Å². The molecule has 2 aromatic rings. The Hall–Kier alpha value is -4.13. The summed E-state index contributed by atoms with van der Waals surface area (Å²) < 4.78 is 20.6. The number of likely N-dealkylation sites (N-methyl/N-ethyl adjacent to an activating group) is 1. The number of carbonyl (C=O) groups excluding carboxylic acids is 2. The molecule has 1 aromatic heterocycles. The lowest BCUT2D eigenvalue weighted by atomic mass is 10.0. The van der Waals surface area contributed by atoms with Gasteiger partial charge in [-0.1, -0.05) is 16.4 Å². The summed E-state index contributed by atoms with van der Waals surface area (Å²) in [7, 11) is 3.68. The molecule has 2 amide bonds. The number of pyridine rings is 1. The molecule has 1 saturated heterocycles. The zero-order valence-corrected chi connectivity index (χ0v) is 22.6. The summed E-state index contributed by atoms with van der Waals surface area (Å²) in [5, 5.41) is 16.9. The molecule has 0 radical (unpaired) electrons. The smallest absolute Gasteiger partial charge is 0.414 e. The Balaban J connectivity index is 1.15. The van der Waals surface area contributed by atoms with Crippen molar-refractivity contribution in [1.29, 1.82) is 0 Å². The number of aromatic nitrogens is 1. The van der Waals surface area contributed by atoms with Crippen LogP contribution in [0.25, 0.3) is 11.1 Å². The largest absolute Gasteiger partial charge is 0.442 e. The van der Waals surface area contributed by atoms with Crippen LogP contribution in [-0.4, -0.2) is 98.2 Å². The van der Waals surface area contributed by atoms with Gasteiger partial charge in [-0.3, -0.25) is 19.7 Å². The molecule has 0 saturated carbocycles. The van der Waals surface area contributed by atoms with E-state index in [0.29, 0.717) is 73.8 Å². The summed E-state index contributed by atoms with van der Waals surface area (Å²) in [4.78, 5) is 37.5. The molecule has 212 valence electrons. The maximum atomic E-state index is 15.2. The minimum atomic E-state index is -0.508. The molecule has 5 rings (SSSR count). The predicted molar refractivity (Wildman–Crippen MR) is 145 cm³/mol. The summed E-state index contributed by atoms with van der Waals surface area (Å²) in [6.07, 6.45) is 2.71. The van der Waals surface area contributed by atoms with E-state index in [1.54, 1.807) is 35.5 Å². The predicted octanol–water partition coefficient (Wildman–Crippen LogP) is 2.85. The highest BCUT2D eigenvalue weighted by atomic mass is 19.1. The molecule has 1 N–H and O–H groups in total.